The average Bonchev–Trinajstić information content (AvgIpc) is 2.62. The van der Waals surface area contributed by atoms with Gasteiger partial charge in [-0.15, -0.1) is 0 Å². The second-order valence-corrected chi connectivity index (χ2v) is 5.76. The Bertz CT molecular complexity index is 417. The van der Waals surface area contributed by atoms with Gasteiger partial charge in [0.05, 0.1) is 0 Å². The minimum Gasteiger partial charge on any atom is -0.373 e. The van der Waals surface area contributed by atoms with Gasteiger partial charge in [0.1, 0.15) is 18.0 Å². The Kier molecular flexibility index (Phi) is 4.61. The van der Waals surface area contributed by atoms with E-state index in [4.69, 9.17) is 0 Å². The maximum absolute atomic E-state index is 4.60. The van der Waals surface area contributed by atoms with Gasteiger partial charge in [-0.05, 0) is 25.7 Å². The van der Waals surface area contributed by atoms with Gasteiger partial charge in [-0.2, -0.15) is 0 Å². The first-order valence-corrected chi connectivity index (χ1v) is 7.44. The minimum absolute atomic E-state index is 0.425. The Morgan fingerprint density at radius 2 is 2.05 bits per heavy atom. The highest BCUT2D eigenvalue weighted by Gasteiger charge is 2.24. The van der Waals surface area contributed by atoms with Crippen LogP contribution in [0.3, 0.4) is 0 Å². The Hall–Kier alpha value is -1.32. The van der Waals surface area contributed by atoms with Gasteiger partial charge in [0.15, 0.2) is 0 Å². The van der Waals surface area contributed by atoms with Crippen LogP contribution in [0.25, 0.3) is 0 Å². The van der Waals surface area contributed by atoms with E-state index in [0.717, 1.165) is 18.2 Å². The molecule has 0 radical (unpaired) electrons. The maximum Gasteiger partial charge on any atom is 0.137 e. The molecule has 2 rings (SSSR count). The Morgan fingerprint density at radius 1 is 1.26 bits per heavy atom. The fraction of sp³-hybridized carbons (Fsp3) is 0.733. The quantitative estimate of drug-likeness (QED) is 0.906. The third-order valence-corrected chi connectivity index (χ3v) is 4.00. The fourth-order valence-electron chi connectivity index (χ4n) is 2.94. The normalized spacial score (nSPS) is 20.5. The number of hydrogen-bond acceptors (Lipinski definition) is 4. The second kappa shape index (κ2) is 6.22. The molecule has 1 aromatic rings. The second-order valence-electron chi connectivity index (χ2n) is 5.76. The number of nitrogens with one attached hydrogen (secondary N) is 1. The largest absolute Gasteiger partial charge is 0.373 e. The molecule has 0 amide bonds. The highest BCUT2D eigenvalue weighted by molar-refractivity contribution is 5.60. The van der Waals surface area contributed by atoms with Crippen LogP contribution in [0.1, 0.15) is 57.9 Å². The lowest BCUT2D eigenvalue weighted by atomic mass is 10.0. The molecule has 0 saturated carbocycles. The van der Waals surface area contributed by atoms with Crippen LogP contribution in [0.15, 0.2) is 6.33 Å². The van der Waals surface area contributed by atoms with Gasteiger partial charge in [-0.25, -0.2) is 9.97 Å². The summed E-state index contributed by atoms with van der Waals surface area (Å²) >= 11 is 0. The van der Waals surface area contributed by atoms with Crippen molar-refractivity contribution in [3.05, 3.63) is 11.9 Å². The molecule has 0 aliphatic carbocycles. The summed E-state index contributed by atoms with van der Waals surface area (Å²) in [6, 6.07) is 0.569. The molecule has 4 heteroatoms. The number of nitrogens with zero attached hydrogens (tertiary/aromatic N) is 3. The zero-order valence-electron chi connectivity index (χ0n) is 12.6. The Balaban J connectivity index is 2.42. The van der Waals surface area contributed by atoms with E-state index in [1.165, 1.54) is 31.2 Å². The van der Waals surface area contributed by atoms with Crippen LogP contribution in [-0.2, 0) is 0 Å². The van der Waals surface area contributed by atoms with Crippen LogP contribution in [0, 0.1) is 0 Å². The summed E-state index contributed by atoms with van der Waals surface area (Å²) in [4.78, 5) is 11.4. The topological polar surface area (TPSA) is 41.1 Å². The Labute approximate surface area is 116 Å². The first-order valence-electron chi connectivity index (χ1n) is 7.44. The summed E-state index contributed by atoms with van der Waals surface area (Å²) in [5.41, 5.74) is 1.25. The van der Waals surface area contributed by atoms with Crippen molar-refractivity contribution in [2.45, 2.75) is 58.4 Å². The number of rotatable bonds is 3. The monoisotopic (exact) mass is 262 g/mol. The lowest BCUT2D eigenvalue weighted by Crippen LogP contribution is -2.34. The van der Waals surface area contributed by atoms with E-state index in [2.05, 4.69) is 41.0 Å². The zero-order valence-corrected chi connectivity index (χ0v) is 12.6. The van der Waals surface area contributed by atoms with Gasteiger partial charge in [0.2, 0.25) is 0 Å². The van der Waals surface area contributed by atoms with Gasteiger partial charge in [0, 0.05) is 25.2 Å². The molecule has 0 bridgehead atoms. The number of aromatic nitrogens is 2. The van der Waals surface area contributed by atoms with Crippen LogP contribution in [0.4, 0.5) is 11.6 Å². The molecule has 0 aromatic carbocycles. The SMILES string of the molecule is CNc1ncnc(N2CCCCCC2C)c1C(C)C. The summed E-state index contributed by atoms with van der Waals surface area (Å²) in [5, 5.41) is 3.21. The van der Waals surface area contributed by atoms with E-state index in [-0.39, 0.29) is 0 Å². The predicted molar refractivity (Wildman–Crippen MR) is 80.9 cm³/mol. The molecule has 19 heavy (non-hydrogen) atoms. The van der Waals surface area contributed by atoms with E-state index in [1.54, 1.807) is 6.33 Å². The van der Waals surface area contributed by atoms with Gasteiger partial charge in [-0.3, -0.25) is 0 Å². The molecule has 1 atom stereocenters. The van der Waals surface area contributed by atoms with Crippen molar-refractivity contribution in [2.24, 2.45) is 0 Å². The van der Waals surface area contributed by atoms with Gasteiger partial charge < -0.3 is 10.2 Å². The summed E-state index contributed by atoms with van der Waals surface area (Å²) in [7, 11) is 1.93. The van der Waals surface area contributed by atoms with Crippen molar-refractivity contribution in [1.29, 1.82) is 0 Å². The standard InChI is InChI=1S/C15H26N4/c1-11(2)13-14(16-4)17-10-18-15(13)19-9-7-5-6-8-12(19)3/h10-12H,5-9H2,1-4H3,(H,16,17,18). The highest BCUT2D eigenvalue weighted by atomic mass is 15.2. The highest BCUT2D eigenvalue weighted by Crippen LogP contribution is 2.33. The lowest BCUT2D eigenvalue weighted by Gasteiger charge is -2.31. The van der Waals surface area contributed by atoms with E-state index in [9.17, 15) is 0 Å². The molecule has 2 heterocycles. The average molecular weight is 262 g/mol. The first-order chi connectivity index (χ1) is 9.15. The zero-order chi connectivity index (χ0) is 13.8. The molecule has 1 N–H and O–H groups in total. The van der Waals surface area contributed by atoms with Crippen LogP contribution in [0.5, 0.6) is 0 Å². The molecule has 1 saturated heterocycles. The third kappa shape index (κ3) is 2.99. The molecule has 1 aliphatic heterocycles. The van der Waals surface area contributed by atoms with Crippen molar-refractivity contribution < 1.29 is 0 Å². The molecule has 1 unspecified atom stereocenters. The van der Waals surface area contributed by atoms with Crippen LogP contribution in [-0.4, -0.2) is 29.6 Å². The first kappa shape index (κ1) is 14.1. The minimum atomic E-state index is 0.425. The van der Waals surface area contributed by atoms with Crippen molar-refractivity contribution in [3.8, 4) is 0 Å². The van der Waals surface area contributed by atoms with E-state index < -0.39 is 0 Å². The number of anilines is 2. The molecule has 106 valence electrons. The van der Waals surface area contributed by atoms with Crippen LogP contribution >= 0.6 is 0 Å². The molecule has 0 spiro atoms. The molecule has 1 aromatic heterocycles. The van der Waals surface area contributed by atoms with E-state index in [0.29, 0.717) is 12.0 Å². The lowest BCUT2D eigenvalue weighted by molar-refractivity contribution is 0.606. The van der Waals surface area contributed by atoms with Crippen molar-refractivity contribution in [2.75, 3.05) is 23.8 Å². The maximum atomic E-state index is 4.60. The summed E-state index contributed by atoms with van der Waals surface area (Å²) < 4.78 is 0. The summed E-state index contributed by atoms with van der Waals surface area (Å²) in [5.74, 6) is 2.52. The van der Waals surface area contributed by atoms with Crippen LogP contribution in [0.2, 0.25) is 0 Å². The molecular weight excluding hydrogens is 236 g/mol. The van der Waals surface area contributed by atoms with Gasteiger partial charge in [0.25, 0.3) is 0 Å². The van der Waals surface area contributed by atoms with Crippen molar-refractivity contribution in [3.63, 3.8) is 0 Å². The van der Waals surface area contributed by atoms with E-state index >= 15 is 0 Å². The van der Waals surface area contributed by atoms with E-state index in [1.807, 2.05) is 7.05 Å². The van der Waals surface area contributed by atoms with Crippen molar-refractivity contribution >= 4 is 11.6 Å². The molecule has 1 fully saturated rings. The van der Waals surface area contributed by atoms with Gasteiger partial charge in [-0.1, -0.05) is 26.7 Å². The van der Waals surface area contributed by atoms with Crippen molar-refractivity contribution in [1.82, 2.24) is 9.97 Å². The predicted octanol–water partition coefficient (Wildman–Crippen LogP) is 3.41. The van der Waals surface area contributed by atoms with Crippen LogP contribution < -0.4 is 10.2 Å². The Morgan fingerprint density at radius 3 is 2.74 bits per heavy atom. The summed E-state index contributed by atoms with van der Waals surface area (Å²) in [6.07, 6.45) is 6.88. The summed E-state index contributed by atoms with van der Waals surface area (Å²) in [6.45, 7) is 7.86. The number of hydrogen-bond donors (Lipinski definition) is 1. The molecule has 1 aliphatic rings. The van der Waals surface area contributed by atoms with Gasteiger partial charge >= 0.3 is 0 Å². The molecular formula is C15H26N4. The smallest absolute Gasteiger partial charge is 0.137 e. The third-order valence-electron chi connectivity index (χ3n) is 4.00. The molecule has 4 nitrogen and oxygen atoms in total. The fourth-order valence-corrected chi connectivity index (χ4v) is 2.94.